The number of nitrogens with zero attached hydrogens (tertiary/aromatic N) is 4. The van der Waals surface area contributed by atoms with Crippen LogP contribution in [0.15, 0.2) is 37.2 Å². The van der Waals surface area contributed by atoms with Gasteiger partial charge in [0, 0.05) is 39.1 Å². The number of amides is 2. The van der Waals surface area contributed by atoms with Gasteiger partial charge >= 0.3 is 0 Å². The molecule has 1 aliphatic rings. The van der Waals surface area contributed by atoms with Crippen LogP contribution in [-0.2, 0) is 19.4 Å². The van der Waals surface area contributed by atoms with Gasteiger partial charge in [0.05, 0.1) is 5.69 Å². The van der Waals surface area contributed by atoms with Crippen molar-refractivity contribution >= 4 is 11.8 Å². The molecule has 0 fully saturated rings. The number of nitrogens with one attached hydrogen (secondary N) is 1. The Bertz CT molecular complexity index is 828. The SMILES string of the molecule is C=CCNC(=O)c1nc(C(=O)N(C)CCc2ccncc2)c2n1CCCC2. The third kappa shape index (κ3) is 4.24. The van der Waals surface area contributed by atoms with E-state index in [1.54, 1.807) is 30.4 Å². The van der Waals surface area contributed by atoms with Crippen molar-refractivity contribution in [2.75, 3.05) is 20.1 Å². The van der Waals surface area contributed by atoms with Crippen LogP contribution in [0, 0.1) is 0 Å². The fourth-order valence-electron chi connectivity index (χ4n) is 3.26. The number of fused-ring (bicyclic) bond motifs is 1. The number of hydrogen-bond acceptors (Lipinski definition) is 4. The van der Waals surface area contributed by atoms with Crippen molar-refractivity contribution in [1.29, 1.82) is 0 Å². The first-order valence-corrected chi connectivity index (χ1v) is 9.24. The van der Waals surface area contributed by atoms with Crippen molar-refractivity contribution in [3.8, 4) is 0 Å². The van der Waals surface area contributed by atoms with Gasteiger partial charge in [-0.15, -0.1) is 6.58 Å². The largest absolute Gasteiger partial charge is 0.346 e. The van der Waals surface area contributed by atoms with Gasteiger partial charge in [-0.3, -0.25) is 14.6 Å². The number of likely N-dealkylation sites (N-methyl/N-ethyl adjacent to an activating group) is 1. The minimum Gasteiger partial charge on any atom is -0.346 e. The second-order valence-electron chi connectivity index (χ2n) is 6.67. The summed E-state index contributed by atoms with van der Waals surface area (Å²) in [5.41, 5.74) is 2.39. The molecule has 0 spiro atoms. The minimum absolute atomic E-state index is 0.141. The number of rotatable bonds is 7. The Morgan fingerprint density at radius 2 is 2.11 bits per heavy atom. The van der Waals surface area contributed by atoms with Gasteiger partial charge in [-0.2, -0.15) is 0 Å². The molecule has 0 saturated heterocycles. The summed E-state index contributed by atoms with van der Waals surface area (Å²) in [5.74, 6) is -0.0913. The van der Waals surface area contributed by atoms with Crippen LogP contribution in [0.4, 0.5) is 0 Å². The molecule has 2 aromatic heterocycles. The summed E-state index contributed by atoms with van der Waals surface area (Å²) < 4.78 is 1.89. The molecular weight excluding hydrogens is 342 g/mol. The Hall–Kier alpha value is -2.96. The Balaban J connectivity index is 1.78. The van der Waals surface area contributed by atoms with Gasteiger partial charge in [0.2, 0.25) is 0 Å². The molecule has 1 N–H and O–H groups in total. The fourth-order valence-corrected chi connectivity index (χ4v) is 3.26. The van der Waals surface area contributed by atoms with E-state index in [0.717, 1.165) is 36.9 Å². The van der Waals surface area contributed by atoms with E-state index < -0.39 is 0 Å². The van der Waals surface area contributed by atoms with Crippen molar-refractivity contribution in [3.63, 3.8) is 0 Å². The summed E-state index contributed by atoms with van der Waals surface area (Å²) in [5, 5.41) is 2.76. The van der Waals surface area contributed by atoms with Crippen LogP contribution in [0.1, 0.15) is 45.2 Å². The van der Waals surface area contributed by atoms with Gasteiger partial charge in [-0.05, 0) is 43.4 Å². The van der Waals surface area contributed by atoms with Crippen molar-refractivity contribution in [2.45, 2.75) is 32.2 Å². The van der Waals surface area contributed by atoms with E-state index in [4.69, 9.17) is 0 Å². The average Bonchev–Trinajstić information content (AvgIpc) is 3.10. The molecular formula is C20H25N5O2. The predicted octanol–water partition coefficient (Wildman–Crippen LogP) is 1.84. The van der Waals surface area contributed by atoms with Crippen molar-refractivity contribution in [3.05, 3.63) is 60.0 Å². The average molecular weight is 367 g/mol. The zero-order valence-electron chi connectivity index (χ0n) is 15.6. The number of imidazole rings is 1. The topological polar surface area (TPSA) is 80.1 Å². The van der Waals surface area contributed by atoms with Crippen molar-refractivity contribution in [2.24, 2.45) is 0 Å². The number of carbonyl (C=O) groups excluding carboxylic acids is 2. The summed E-state index contributed by atoms with van der Waals surface area (Å²) >= 11 is 0. The lowest BCUT2D eigenvalue weighted by atomic mass is 10.1. The Morgan fingerprint density at radius 1 is 1.33 bits per heavy atom. The van der Waals surface area contributed by atoms with E-state index in [-0.39, 0.29) is 11.8 Å². The van der Waals surface area contributed by atoms with Gasteiger partial charge in [0.25, 0.3) is 11.8 Å². The second kappa shape index (κ2) is 8.62. The maximum Gasteiger partial charge on any atom is 0.287 e. The fraction of sp³-hybridized carbons (Fsp3) is 0.400. The van der Waals surface area contributed by atoms with Crippen LogP contribution in [0.3, 0.4) is 0 Å². The summed E-state index contributed by atoms with van der Waals surface area (Å²) in [4.78, 5) is 35.5. The Kier molecular flexibility index (Phi) is 6.01. The first-order chi connectivity index (χ1) is 13.1. The lowest BCUT2D eigenvalue weighted by Gasteiger charge is -2.19. The molecule has 0 saturated carbocycles. The summed E-state index contributed by atoms with van der Waals surface area (Å²) in [6, 6.07) is 3.89. The molecule has 3 heterocycles. The molecule has 7 nitrogen and oxygen atoms in total. The molecule has 1 aliphatic heterocycles. The van der Waals surface area contributed by atoms with Gasteiger partial charge in [0.15, 0.2) is 5.82 Å². The summed E-state index contributed by atoms with van der Waals surface area (Å²) in [7, 11) is 1.77. The van der Waals surface area contributed by atoms with Crippen molar-refractivity contribution < 1.29 is 9.59 Å². The third-order valence-electron chi connectivity index (χ3n) is 4.76. The minimum atomic E-state index is -0.267. The Morgan fingerprint density at radius 3 is 2.85 bits per heavy atom. The zero-order valence-corrected chi connectivity index (χ0v) is 15.6. The molecule has 7 heteroatoms. The van der Waals surface area contributed by atoms with E-state index in [9.17, 15) is 9.59 Å². The molecule has 0 unspecified atom stereocenters. The summed E-state index contributed by atoms with van der Waals surface area (Å²) in [6.07, 6.45) is 8.61. The lowest BCUT2D eigenvalue weighted by molar-refractivity contribution is 0.0789. The van der Waals surface area contributed by atoms with E-state index in [2.05, 4.69) is 21.9 Å². The highest BCUT2D eigenvalue weighted by Crippen LogP contribution is 2.22. The molecule has 0 atom stereocenters. The molecule has 2 aromatic rings. The van der Waals surface area contributed by atoms with Gasteiger partial charge < -0.3 is 14.8 Å². The van der Waals surface area contributed by atoms with Gasteiger partial charge in [-0.25, -0.2) is 4.98 Å². The standard InChI is InChI=1S/C20H25N5O2/c1-3-10-22-19(26)18-23-17(16-6-4-5-13-25(16)18)20(27)24(2)14-9-15-7-11-21-12-8-15/h3,7-8,11-12H,1,4-6,9-10,13-14H2,2H3,(H,22,26). The quantitative estimate of drug-likeness (QED) is 0.758. The first kappa shape index (κ1) is 18.8. The molecule has 0 aromatic carbocycles. The van der Waals surface area contributed by atoms with Crippen molar-refractivity contribution in [1.82, 2.24) is 24.8 Å². The number of pyridine rings is 1. The Labute approximate surface area is 159 Å². The van der Waals surface area contributed by atoms with Crippen LogP contribution in [0.5, 0.6) is 0 Å². The molecule has 0 radical (unpaired) electrons. The van der Waals surface area contributed by atoms with Gasteiger partial charge in [0.1, 0.15) is 5.69 Å². The maximum absolute atomic E-state index is 13.0. The monoisotopic (exact) mass is 367 g/mol. The third-order valence-corrected chi connectivity index (χ3v) is 4.76. The van der Waals surface area contributed by atoms with Crippen LogP contribution in [0.25, 0.3) is 0 Å². The highest BCUT2D eigenvalue weighted by atomic mass is 16.2. The van der Waals surface area contributed by atoms with E-state index >= 15 is 0 Å². The molecule has 0 bridgehead atoms. The molecule has 2 amide bonds. The lowest BCUT2D eigenvalue weighted by Crippen LogP contribution is -2.30. The van der Waals surface area contributed by atoms with E-state index in [0.29, 0.717) is 31.2 Å². The number of carbonyl (C=O) groups is 2. The number of aromatic nitrogens is 3. The zero-order chi connectivity index (χ0) is 19.2. The van der Waals surface area contributed by atoms with E-state index in [1.165, 1.54) is 0 Å². The highest BCUT2D eigenvalue weighted by molar-refractivity contribution is 5.97. The number of hydrogen-bond donors (Lipinski definition) is 1. The van der Waals surface area contributed by atoms with Crippen LogP contribution in [0.2, 0.25) is 0 Å². The van der Waals surface area contributed by atoms with Crippen LogP contribution >= 0.6 is 0 Å². The van der Waals surface area contributed by atoms with Crippen LogP contribution in [-0.4, -0.2) is 51.4 Å². The molecule has 3 rings (SSSR count). The first-order valence-electron chi connectivity index (χ1n) is 9.24. The molecule has 27 heavy (non-hydrogen) atoms. The summed E-state index contributed by atoms with van der Waals surface area (Å²) in [6.45, 7) is 5.27. The van der Waals surface area contributed by atoms with Crippen LogP contribution < -0.4 is 5.32 Å². The molecule has 142 valence electrons. The predicted molar refractivity (Wildman–Crippen MR) is 103 cm³/mol. The van der Waals surface area contributed by atoms with Gasteiger partial charge in [-0.1, -0.05) is 6.08 Å². The van der Waals surface area contributed by atoms with E-state index in [1.807, 2.05) is 16.7 Å². The second-order valence-corrected chi connectivity index (χ2v) is 6.67. The highest BCUT2D eigenvalue weighted by Gasteiger charge is 2.28. The molecule has 0 aliphatic carbocycles. The maximum atomic E-state index is 13.0. The normalized spacial score (nSPS) is 12.9. The smallest absolute Gasteiger partial charge is 0.287 e.